The molecule has 0 atom stereocenters. The van der Waals surface area contributed by atoms with Crippen LogP contribution in [0.4, 0.5) is 24.5 Å². The zero-order valence-corrected chi connectivity index (χ0v) is 10.4. The summed E-state index contributed by atoms with van der Waals surface area (Å²) >= 11 is 2.71. The minimum absolute atomic E-state index is 0.00134. The molecule has 0 heterocycles. The van der Waals surface area contributed by atoms with Crippen LogP contribution in [0, 0.1) is 10.1 Å². The van der Waals surface area contributed by atoms with Gasteiger partial charge in [0.05, 0.1) is 17.1 Å². The fourth-order valence-corrected chi connectivity index (χ4v) is 1.83. The van der Waals surface area contributed by atoms with Crippen LogP contribution < -0.4 is 5.32 Å². The number of anilines is 1. The van der Waals surface area contributed by atoms with Gasteiger partial charge in [0, 0.05) is 17.1 Å². The van der Waals surface area contributed by atoms with E-state index in [0.717, 1.165) is 6.07 Å². The number of nitrogens with one attached hydrogen (secondary N) is 1. The highest BCUT2D eigenvalue weighted by Gasteiger charge is 2.35. The van der Waals surface area contributed by atoms with E-state index in [1.165, 1.54) is 0 Å². The van der Waals surface area contributed by atoms with Crippen LogP contribution >= 0.6 is 15.9 Å². The van der Waals surface area contributed by atoms with E-state index in [2.05, 4.69) is 21.2 Å². The van der Waals surface area contributed by atoms with Gasteiger partial charge < -0.3 is 10.4 Å². The molecule has 0 aliphatic heterocycles. The molecule has 0 saturated carbocycles. The van der Waals surface area contributed by atoms with Crippen molar-refractivity contribution in [2.24, 2.45) is 0 Å². The second kappa shape index (κ2) is 5.53. The van der Waals surface area contributed by atoms with Gasteiger partial charge in [0.25, 0.3) is 5.69 Å². The molecule has 5 nitrogen and oxygen atoms in total. The zero-order valence-electron chi connectivity index (χ0n) is 8.79. The largest absolute Gasteiger partial charge is 0.417 e. The molecular weight excluding hydrogens is 321 g/mol. The molecule has 0 aliphatic rings. The molecular formula is C9H8BrF3N2O3. The molecule has 2 N–H and O–H groups in total. The third-order valence-electron chi connectivity index (χ3n) is 2.01. The van der Waals surface area contributed by atoms with E-state index in [9.17, 15) is 23.3 Å². The summed E-state index contributed by atoms with van der Waals surface area (Å²) < 4.78 is 37.4. The Morgan fingerprint density at radius 1 is 1.44 bits per heavy atom. The topological polar surface area (TPSA) is 75.4 Å². The van der Waals surface area contributed by atoms with Crippen LogP contribution in [0.15, 0.2) is 16.6 Å². The first-order valence-electron chi connectivity index (χ1n) is 4.67. The van der Waals surface area contributed by atoms with E-state index in [0.29, 0.717) is 6.07 Å². The Morgan fingerprint density at radius 3 is 2.50 bits per heavy atom. The maximum Gasteiger partial charge on any atom is 0.417 e. The third-order valence-corrected chi connectivity index (χ3v) is 2.67. The number of rotatable bonds is 4. The Kier molecular flexibility index (Phi) is 4.52. The molecule has 0 spiro atoms. The fourth-order valence-electron chi connectivity index (χ4n) is 1.26. The summed E-state index contributed by atoms with van der Waals surface area (Å²) in [6.45, 7) is -0.297. The third kappa shape index (κ3) is 3.33. The lowest BCUT2D eigenvalue weighted by molar-refractivity contribution is -0.384. The minimum Gasteiger partial charge on any atom is -0.395 e. The summed E-state index contributed by atoms with van der Waals surface area (Å²) in [5.74, 6) is 0. The number of benzene rings is 1. The molecule has 0 bridgehead atoms. The van der Waals surface area contributed by atoms with Gasteiger partial charge in [0.2, 0.25) is 0 Å². The first kappa shape index (κ1) is 14.7. The quantitative estimate of drug-likeness (QED) is 0.658. The first-order valence-corrected chi connectivity index (χ1v) is 5.46. The highest BCUT2D eigenvalue weighted by atomic mass is 79.9. The number of aliphatic hydroxyl groups excluding tert-OH is 1. The molecule has 100 valence electrons. The summed E-state index contributed by atoms with van der Waals surface area (Å²) in [6.07, 6.45) is -4.68. The number of aliphatic hydroxyl groups is 1. The second-order valence-electron chi connectivity index (χ2n) is 3.25. The maximum atomic E-state index is 12.6. The van der Waals surface area contributed by atoms with E-state index in [4.69, 9.17) is 5.11 Å². The Morgan fingerprint density at radius 2 is 2.06 bits per heavy atom. The number of halogens is 4. The van der Waals surface area contributed by atoms with Crippen molar-refractivity contribution in [3.8, 4) is 0 Å². The number of nitrogens with zero attached hydrogens (tertiary/aromatic N) is 1. The Bertz CT molecular complexity index is 465. The van der Waals surface area contributed by atoms with E-state index < -0.39 is 22.4 Å². The Labute approximate surface area is 108 Å². The number of hydrogen-bond acceptors (Lipinski definition) is 4. The predicted molar refractivity (Wildman–Crippen MR) is 61.4 cm³/mol. The van der Waals surface area contributed by atoms with Gasteiger partial charge in [0.15, 0.2) is 0 Å². The molecule has 0 radical (unpaired) electrons. The molecule has 0 saturated heterocycles. The maximum absolute atomic E-state index is 12.6. The molecule has 0 amide bonds. The van der Waals surface area contributed by atoms with Crippen LogP contribution in [0.25, 0.3) is 0 Å². The van der Waals surface area contributed by atoms with Crippen molar-refractivity contribution in [2.75, 3.05) is 18.5 Å². The average molecular weight is 329 g/mol. The summed E-state index contributed by atoms with van der Waals surface area (Å²) in [7, 11) is 0. The molecule has 0 aliphatic carbocycles. The van der Waals surface area contributed by atoms with Gasteiger partial charge in [-0.05, 0) is 6.07 Å². The molecule has 9 heteroatoms. The van der Waals surface area contributed by atoms with Crippen LogP contribution in [0.2, 0.25) is 0 Å². The molecule has 0 unspecified atom stereocenters. The molecule has 1 aromatic rings. The standard InChI is InChI=1S/C9H8BrF3N2O3/c10-6-4-7(14-1-2-16)8(15(17)18)3-5(6)9(11,12)13/h3-4,14,16H,1-2H2. The lowest BCUT2D eigenvalue weighted by Gasteiger charge is -2.12. The predicted octanol–water partition coefficient (Wildman–Crippen LogP) is 2.78. The SMILES string of the molecule is O=[N+]([O-])c1cc(C(F)(F)F)c(Br)cc1NCCO. The van der Waals surface area contributed by atoms with Crippen LogP contribution in [-0.4, -0.2) is 23.2 Å². The summed E-state index contributed by atoms with van der Waals surface area (Å²) in [6, 6.07) is 1.42. The van der Waals surface area contributed by atoms with Crippen molar-refractivity contribution in [1.29, 1.82) is 0 Å². The van der Waals surface area contributed by atoms with Crippen molar-refractivity contribution in [1.82, 2.24) is 0 Å². The monoisotopic (exact) mass is 328 g/mol. The van der Waals surface area contributed by atoms with Crippen molar-refractivity contribution in [3.63, 3.8) is 0 Å². The number of hydrogen-bond donors (Lipinski definition) is 2. The lowest BCUT2D eigenvalue weighted by atomic mass is 10.1. The summed E-state index contributed by atoms with van der Waals surface area (Å²) in [4.78, 5) is 9.78. The van der Waals surface area contributed by atoms with Gasteiger partial charge in [-0.15, -0.1) is 0 Å². The Hall–Kier alpha value is -1.35. The van der Waals surface area contributed by atoms with Crippen molar-refractivity contribution < 1.29 is 23.2 Å². The highest BCUT2D eigenvalue weighted by molar-refractivity contribution is 9.10. The van der Waals surface area contributed by atoms with Gasteiger partial charge >= 0.3 is 6.18 Å². The molecule has 1 aromatic carbocycles. The fraction of sp³-hybridized carbons (Fsp3) is 0.333. The highest BCUT2D eigenvalue weighted by Crippen LogP contribution is 2.40. The zero-order chi connectivity index (χ0) is 13.9. The van der Waals surface area contributed by atoms with Crippen LogP contribution in [0.1, 0.15) is 5.56 Å². The molecule has 18 heavy (non-hydrogen) atoms. The number of alkyl halides is 3. The minimum atomic E-state index is -4.68. The van der Waals surface area contributed by atoms with Crippen LogP contribution in [0.3, 0.4) is 0 Å². The van der Waals surface area contributed by atoms with E-state index >= 15 is 0 Å². The van der Waals surface area contributed by atoms with Crippen molar-refractivity contribution >= 4 is 27.3 Å². The summed E-state index contributed by atoms with van der Waals surface area (Å²) in [5, 5.41) is 21.8. The van der Waals surface area contributed by atoms with Gasteiger partial charge in [-0.2, -0.15) is 13.2 Å². The van der Waals surface area contributed by atoms with E-state index in [1.807, 2.05) is 0 Å². The van der Waals surface area contributed by atoms with Gasteiger partial charge in [-0.25, -0.2) is 0 Å². The Balaban J connectivity index is 3.30. The number of nitro groups is 1. The normalized spacial score (nSPS) is 11.4. The molecule has 1 rings (SSSR count). The smallest absolute Gasteiger partial charge is 0.395 e. The molecule has 0 aromatic heterocycles. The molecule has 0 fully saturated rings. The van der Waals surface area contributed by atoms with Crippen LogP contribution in [0.5, 0.6) is 0 Å². The van der Waals surface area contributed by atoms with Gasteiger partial charge in [-0.1, -0.05) is 15.9 Å². The van der Waals surface area contributed by atoms with Crippen molar-refractivity contribution in [2.45, 2.75) is 6.18 Å². The van der Waals surface area contributed by atoms with Gasteiger partial charge in [0.1, 0.15) is 5.69 Å². The second-order valence-corrected chi connectivity index (χ2v) is 4.11. The summed E-state index contributed by atoms with van der Waals surface area (Å²) in [5.41, 5.74) is -1.91. The average Bonchev–Trinajstić information content (AvgIpc) is 2.23. The van der Waals surface area contributed by atoms with Crippen molar-refractivity contribution in [3.05, 3.63) is 32.3 Å². The first-order chi connectivity index (χ1) is 8.27. The lowest BCUT2D eigenvalue weighted by Crippen LogP contribution is -2.11. The van der Waals surface area contributed by atoms with E-state index in [1.54, 1.807) is 0 Å². The van der Waals surface area contributed by atoms with Gasteiger partial charge in [-0.3, -0.25) is 10.1 Å². The number of nitro benzene ring substituents is 1. The van der Waals surface area contributed by atoms with Crippen LogP contribution in [-0.2, 0) is 6.18 Å². The van der Waals surface area contributed by atoms with E-state index in [-0.39, 0.29) is 23.3 Å².